The molecule has 1 N–H and O–H groups in total. The highest BCUT2D eigenvalue weighted by atomic mass is 35.5. The number of carbonyl (C=O) groups excluding carboxylic acids is 1. The van der Waals surface area contributed by atoms with Crippen LogP contribution in [0.25, 0.3) is 10.9 Å². The Kier molecular flexibility index (Phi) is 3.54. The van der Waals surface area contributed by atoms with Crippen molar-refractivity contribution in [1.82, 2.24) is 4.98 Å². The molecule has 2 aromatic carbocycles. The molecule has 1 amide bonds. The minimum absolute atomic E-state index is 0.0171. The van der Waals surface area contributed by atoms with Gasteiger partial charge in [0.1, 0.15) is 5.82 Å². The predicted octanol–water partition coefficient (Wildman–Crippen LogP) is 4.28. The normalized spacial score (nSPS) is 10.6. The summed E-state index contributed by atoms with van der Waals surface area (Å²) >= 11 is 6.10. The molecule has 1 heterocycles. The number of pyridine rings is 1. The Hall–Kier alpha value is -2.46. The summed E-state index contributed by atoms with van der Waals surface area (Å²) in [7, 11) is 0. The molecule has 3 rings (SSSR count). The summed E-state index contributed by atoms with van der Waals surface area (Å²) in [4.78, 5) is 16.4. The summed E-state index contributed by atoms with van der Waals surface area (Å²) in [6.07, 6.45) is 1.61. The number of benzene rings is 2. The van der Waals surface area contributed by atoms with Gasteiger partial charge in [-0.05, 0) is 36.4 Å². The number of rotatable bonds is 2. The average Bonchev–Trinajstić information content (AvgIpc) is 2.51. The standard InChI is InChI=1S/C16H10ClFN2O/c17-12-7-8-14(15-10(12)5-3-9-19-15)20-16(21)11-4-1-2-6-13(11)18/h1-9H,(H,20,21). The van der Waals surface area contributed by atoms with Crippen LogP contribution in [0.2, 0.25) is 5.02 Å². The fourth-order valence-electron chi connectivity index (χ4n) is 2.07. The molecule has 0 saturated carbocycles. The van der Waals surface area contributed by atoms with Gasteiger partial charge >= 0.3 is 0 Å². The van der Waals surface area contributed by atoms with E-state index in [0.29, 0.717) is 16.2 Å². The van der Waals surface area contributed by atoms with Crippen molar-refractivity contribution >= 4 is 34.1 Å². The van der Waals surface area contributed by atoms with E-state index in [2.05, 4.69) is 10.3 Å². The monoisotopic (exact) mass is 300 g/mol. The fraction of sp³-hybridized carbons (Fsp3) is 0. The first-order valence-corrected chi connectivity index (χ1v) is 6.64. The van der Waals surface area contributed by atoms with E-state index in [-0.39, 0.29) is 5.56 Å². The van der Waals surface area contributed by atoms with E-state index < -0.39 is 11.7 Å². The average molecular weight is 301 g/mol. The van der Waals surface area contributed by atoms with Crippen LogP contribution in [0.3, 0.4) is 0 Å². The first-order chi connectivity index (χ1) is 10.2. The Labute approximate surface area is 125 Å². The molecule has 0 aliphatic carbocycles. The third-order valence-electron chi connectivity index (χ3n) is 3.08. The molecule has 0 saturated heterocycles. The van der Waals surface area contributed by atoms with E-state index in [1.807, 2.05) is 6.07 Å². The zero-order valence-corrected chi connectivity index (χ0v) is 11.6. The van der Waals surface area contributed by atoms with E-state index in [4.69, 9.17) is 11.6 Å². The molecular weight excluding hydrogens is 291 g/mol. The second-order valence-electron chi connectivity index (χ2n) is 4.43. The van der Waals surface area contributed by atoms with Crippen LogP contribution in [-0.2, 0) is 0 Å². The van der Waals surface area contributed by atoms with Gasteiger partial charge in [-0.3, -0.25) is 9.78 Å². The number of hydrogen-bond acceptors (Lipinski definition) is 2. The third kappa shape index (κ3) is 2.58. The Balaban J connectivity index is 2.01. The molecule has 0 unspecified atom stereocenters. The molecule has 3 nitrogen and oxygen atoms in total. The Morgan fingerprint density at radius 3 is 2.71 bits per heavy atom. The molecule has 0 bridgehead atoms. The van der Waals surface area contributed by atoms with Crippen molar-refractivity contribution in [2.24, 2.45) is 0 Å². The Morgan fingerprint density at radius 1 is 1.10 bits per heavy atom. The molecule has 0 spiro atoms. The molecular formula is C16H10ClFN2O. The molecule has 5 heteroatoms. The number of hydrogen-bond donors (Lipinski definition) is 1. The van der Waals surface area contributed by atoms with Crippen molar-refractivity contribution in [2.75, 3.05) is 5.32 Å². The van der Waals surface area contributed by atoms with Gasteiger partial charge in [0.15, 0.2) is 0 Å². The lowest BCUT2D eigenvalue weighted by atomic mass is 10.1. The van der Waals surface area contributed by atoms with Crippen molar-refractivity contribution in [1.29, 1.82) is 0 Å². The molecule has 3 aromatic rings. The first kappa shape index (κ1) is 13.5. The molecule has 21 heavy (non-hydrogen) atoms. The summed E-state index contributed by atoms with van der Waals surface area (Å²) < 4.78 is 13.6. The highest BCUT2D eigenvalue weighted by Gasteiger charge is 2.13. The number of anilines is 1. The van der Waals surface area contributed by atoms with Crippen molar-refractivity contribution in [3.05, 3.63) is 71.1 Å². The second-order valence-corrected chi connectivity index (χ2v) is 4.84. The summed E-state index contributed by atoms with van der Waals surface area (Å²) in [5.74, 6) is -1.09. The quantitative estimate of drug-likeness (QED) is 0.767. The largest absolute Gasteiger partial charge is 0.320 e. The number of nitrogens with zero attached hydrogens (tertiary/aromatic N) is 1. The lowest BCUT2D eigenvalue weighted by Crippen LogP contribution is -2.14. The van der Waals surface area contributed by atoms with E-state index in [0.717, 1.165) is 5.39 Å². The summed E-state index contributed by atoms with van der Waals surface area (Å²) in [5.41, 5.74) is 1.04. The van der Waals surface area contributed by atoms with E-state index in [1.54, 1.807) is 30.5 Å². The van der Waals surface area contributed by atoms with Gasteiger partial charge in [-0.2, -0.15) is 0 Å². The van der Waals surface area contributed by atoms with Crippen LogP contribution < -0.4 is 5.32 Å². The van der Waals surface area contributed by atoms with E-state index in [1.165, 1.54) is 18.2 Å². The van der Waals surface area contributed by atoms with Crippen molar-refractivity contribution in [2.45, 2.75) is 0 Å². The number of amides is 1. The van der Waals surface area contributed by atoms with Crippen LogP contribution in [0.1, 0.15) is 10.4 Å². The van der Waals surface area contributed by atoms with Gasteiger partial charge in [0.05, 0.1) is 21.8 Å². The summed E-state index contributed by atoms with van der Waals surface area (Å²) in [6, 6.07) is 12.7. The maximum Gasteiger partial charge on any atom is 0.258 e. The van der Waals surface area contributed by atoms with Gasteiger partial charge in [-0.25, -0.2) is 4.39 Å². The van der Waals surface area contributed by atoms with Crippen LogP contribution in [0.4, 0.5) is 10.1 Å². The van der Waals surface area contributed by atoms with Crippen molar-refractivity contribution < 1.29 is 9.18 Å². The van der Waals surface area contributed by atoms with Crippen molar-refractivity contribution in [3.63, 3.8) is 0 Å². The third-order valence-corrected chi connectivity index (χ3v) is 3.41. The van der Waals surface area contributed by atoms with Gasteiger partial charge in [-0.1, -0.05) is 23.7 Å². The van der Waals surface area contributed by atoms with Crippen LogP contribution in [0.15, 0.2) is 54.7 Å². The van der Waals surface area contributed by atoms with Crippen LogP contribution in [0, 0.1) is 5.82 Å². The SMILES string of the molecule is O=C(Nc1ccc(Cl)c2cccnc12)c1ccccc1F. The van der Waals surface area contributed by atoms with Crippen LogP contribution in [-0.4, -0.2) is 10.9 Å². The number of nitrogens with one attached hydrogen (secondary N) is 1. The Morgan fingerprint density at radius 2 is 1.90 bits per heavy atom. The maximum atomic E-state index is 13.6. The number of aromatic nitrogens is 1. The molecule has 0 fully saturated rings. The van der Waals surface area contributed by atoms with Crippen molar-refractivity contribution in [3.8, 4) is 0 Å². The van der Waals surface area contributed by atoms with Crippen LogP contribution in [0.5, 0.6) is 0 Å². The van der Waals surface area contributed by atoms with Gasteiger partial charge in [-0.15, -0.1) is 0 Å². The lowest BCUT2D eigenvalue weighted by Gasteiger charge is -2.09. The predicted molar refractivity (Wildman–Crippen MR) is 81.1 cm³/mol. The van der Waals surface area contributed by atoms with Crippen LogP contribution >= 0.6 is 11.6 Å². The lowest BCUT2D eigenvalue weighted by molar-refractivity contribution is 0.102. The topological polar surface area (TPSA) is 42.0 Å². The van der Waals surface area contributed by atoms with E-state index in [9.17, 15) is 9.18 Å². The number of carbonyl (C=O) groups is 1. The zero-order chi connectivity index (χ0) is 14.8. The zero-order valence-electron chi connectivity index (χ0n) is 10.8. The number of halogens is 2. The molecule has 0 aliphatic heterocycles. The molecule has 0 radical (unpaired) electrons. The van der Waals surface area contributed by atoms with Gasteiger partial charge in [0.2, 0.25) is 0 Å². The first-order valence-electron chi connectivity index (χ1n) is 6.26. The second kappa shape index (κ2) is 5.50. The molecule has 0 atom stereocenters. The number of fused-ring (bicyclic) bond motifs is 1. The van der Waals surface area contributed by atoms with E-state index >= 15 is 0 Å². The minimum atomic E-state index is -0.568. The summed E-state index contributed by atoms with van der Waals surface area (Å²) in [5, 5.41) is 3.94. The highest BCUT2D eigenvalue weighted by Crippen LogP contribution is 2.28. The smallest absolute Gasteiger partial charge is 0.258 e. The Bertz CT molecular complexity index is 835. The maximum absolute atomic E-state index is 13.6. The molecule has 0 aliphatic rings. The minimum Gasteiger partial charge on any atom is -0.320 e. The molecule has 1 aromatic heterocycles. The molecule has 104 valence electrons. The van der Waals surface area contributed by atoms with Gasteiger partial charge < -0.3 is 5.32 Å². The highest BCUT2D eigenvalue weighted by molar-refractivity contribution is 6.36. The van der Waals surface area contributed by atoms with Gasteiger partial charge in [0.25, 0.3) is 5.91 Å². The van der Waals surface area contributed by atoms with Gasteiger partial charge in [0, 0.05) is 11.6 Å². The summed E-state index contributed by atoms with van der Waals surface area (Å²) in [6.45, 7) is 0. The fourth-order valence-corrected chi connectivity index (χ4v) is 2.29.